The number of hydrogen-bond acceptors (Lipinski definition) is 4. The zero-order valence-electron chi connectivity index (χ0n) is 18.6. The van der Waals surface area contributed by atoms with E-state index in [-0.39, 0.29) is 11.6 Å². The standard InChI is InChI=1S/C28H19BrN2O4/c1-18-7-12-23(17-25(18)31(33)34)30-26(19-5-3-2-4-6-19)16-21(28(30)32)15-24-13-14-27(35-24)20-8-10-22(29)11-9-20/h2-17H,1H3. The molecule has 0 saturated heterocycles. The van der Waals surface area contributed by atoms with Gasteiger partial charge in [-0.15, -0.1) is 0 Å². The van der Waals surface area contributed by atoms with Crippen LogP contribution in [-0.4, -0.2) is 10.8 Å². The lowest BCUT2D eigenvalue weighted by atomic mass is 10.1. The Morgan fingerprint density at radius 1 is 0.943 bits per heavy atom. The summed E-state index contributed by atoms with van der Waals surface area (Å²) in [4.78, 5) is 26.2. The SMILES string of the molecule is Cc1ccc(N2C(=O)C(=Cc3ccc(-c4ccc(Br)cc4)o3)C=C2c2ccccc2)cc1[N+](=O)[O-]. The van der Waals surface area contributed by atoms with Crippen molar-refractivity contribution in [1.82, 2.24) is 0 Å². The minimum atomic E-state index is -0.436. The largest absolute Gasteiger partial charge is 0.457 e. The number of nitro groups is 1. The summed E-state index contributed by atoms with van der Waals surface area (Å²) in [5.74, 6) is 0.934. The number of carbonyl (C=O) groups excluding carboxylic acids is 1. The maximum Gasteiger partial charge on any atom is 0.274 e. The van der Waals surface area contributed by atoms with Crippen LogP contribution < -0.4 is 4.90 Å². The van der Waals surface area contributed by atoms with Crippen molar-refractivity contribution in [2.45, 2.75) is 6.92 Å². The average Bonchev–Trinajstić information content (AvgIpc) is 3.45. The molecular weight excluding hydrogens is 508 g/mol. The van der Waals surface area contributed by atoms with Crippen molar-refractivity contribution in [3.63, 3.8) is 0 Å². The molecule has 0 aliphatic carbocycles. The van der Waals surface area contributed by atoms with Gasteiger partial charge in [0.2, 0.25) is 0 Å². The third kappa shape index (κ3) is 4.46. The van der Waals surface area contributed by atoms with Crippen molar-refractivity contribution in [1.29, 1.82) is 0 Å². The van der Waals surface area contributed by atoms with E-state index in [0.717, 1.165) is 15.6 Å². The first-order valence-electron chi connectivity index (χ1n) is 10.8. The highest BCUT2D eigenvalue weighted by Crippen LogP contribution is 2.37. The van der Waals surface area contributed by atoms with Crippen LogP contribution in [0.3, 0.4) is 0 Å². The van der Waals surface area contributed by atoms with Gasteiger partial charge in [-0.1, -0.05) is 64.5 Å². The quantitative estimate of drug-likeness (QED) is 0.154. The van der Waals surface area contributed by atoms with Crippen LogP contribution in [0, 0.1) is 17.0 Å². The van der Waals surface area contributed by atoms with Crippen molar-refractivity contribution < 1.29 is 14.1 Å². The van der Waals surface area contributed by atoms with Gasteiger partial charge in [0.05, 0.1) is 16.3 Å². The topological polar surface area (TPSA) is 76.6 Å². The second-order valence-electron chi connectivity index (χ2n) is 8.07. The van der Waals surface area contributed by atoms with Gasteiger partial charge in [-0.25, -0.2) is 0 Å². The van der Waals surface area contributed by atoms with Crippen LogP contribution in [0.4, 0.5) is 11.4 Å². The van der Waals surface area contributed by atoms with Crippen LogP contribution in [0.1, 0.15) is 16.9 Å². The number of nitro benzene ring substituents is 1. The number of benzene rings is 3. The second-order valence-corrected chi connectivity index (χ2v) is 8.99. The number of amides is 1. The van der Waals surface area contributed by atoms with Crippen LogP contribution in [0.15, 0.2) is 105 Å². The van der Waals surface area contributed by atoms with E-state index in [0.29, 0.717) is 34.0 Å². The van der Waals surface area contributed by atoms with Crippen LogP contribution in [-0.2, 0) is 4.79 Å². The molecule has 0 saturated carbocycles. The van der Waals surface area contributed by atoms with Gasteiger partial charge in [-0.05, 0) is 55.0 Å². The summed E-state index contributed by atoms with van der Waals surface area (Å²) in [6.07, 6.45) is 3.47. The number of aryl methyl sites for hydroxylation is 1. The maximum atomic E-state index is 13.6. The van der Waals surface area contributed by atoms with Gasteiger partial charge in [-0.2, -0.15) is 0 Å². The fraction of sp³-hybridized carbons (Fsp3) is 0.0357. The summed E-state index contributed by atoms with van der Waals surface area (Å²) >= 11 is 3.43. The molecule has 5 rings (SSSR count). The monoisotopic (exact) mass is 526 g/mol. The molecule has 7 heteroatoms. The summed E-state index contributed by atoms with van der Waals surface area (Å²) in [7, 11) is 0. The van der Waals surface area contributed by atoms with Gasteiger partial charge in [-0.3, -0.25) is 19.8 Å². The fourth-order valence-corrected chi connectivity index (χ4v) is 4.24. The van der Waals surface area contributed by atoms with Gasteiger partial charge >= 0.3 is 0 Å². The molecule has 0 unspecified atom stereocenters. The lowest BCUT2D eigenvalue weighted by Crippen LogP contribution is -2.25. The Kier molecular flexibility index (Phi) is 5.93. The summed E-state index contributed by atoms with van der Waals surface area (Å²) in [6, 6.07) is 25.7. The van der Waals surface area contributed by atoms with Gasteiger partial charge in [0.25, 0.3) is 11.6 Å². The van der Waals surface area contributed by atoms with E-state index >= 15 is 0 Å². The molecule has 1 aromatic heterocycles. The molecule has 2 heterocycles. The lowest BCUT2D eigenvalue weighted by Gasteiger charge is -2.21. The molecule has 0 spiro atoms. The Hall–Kier alpha value is -4.23. The normalized spacial score (nSPS) is 14.5. The Balaban J connectivity index is 1.56. The highest BCUT2D eigenvalue weighted by Gasteiger charge is 2.31. The summed E-state index contributed by atoms with van der Waals surface area (Å²) in [6.45, 7) is 1.67. The first-order chi connectivity index (χ1) is 16.9. The molecule has 3 aromatic carbocycles. The predicted molar refractivity (Wildman–Crippen MR) is 140 cm³/mol. The van der Waals surface area contributed by atoms with Crippen LogP contribution in [0.2, 0.25) is 0 Å². The summed E-state index contributed by atoms with van der Waals surface area (Å²) in [5, 5.41) is 11.5. The highest BCUT2D eigenvalue weighted by atomic mass is 79.9. The summed E-state index contributed by atoms with van der Waals surface area (Å²) in [5.41, 5.74) is 3.73. The molecule has 0 fully saturated rings. The van der Waals surface area contributed by atoms with E-state index in [1.165, 1.54) is 11.0 Å². The Labute approximate surface area is 210 Å². The second kappa shape index (κ2) is 9.19. The molecule has 0 radical (unpaired) electrons. The number of halogens is 1. The third-order valence-corrected chi connectivity index (χ3v) is 6.28. The van der Waals surface area contributed by atoms with Crippen molar-refractivity contribution in [3.05, 3.63) is 128 Å². The molecule has 1 aliphatic heterocycles. The number of hydrogen-bond donors (Lipinski definition) is 0. The lowest BCUT2D eigenvalue weighted by molar-refractivity contribution is -0.385. The average molecular weight is 527 g/mol. The first-order valence-corrected chi connectivity index (χ1v) is 11.6. The molecular formula is C28H19BrN2O4. The molecule has 4 aromatic rings. The Bertz CT molecular complexity index is 1500. The van der Waals surface area contributed by atoms with Gasteiger partial charge < -0.3 is 4.42 Å². The Morgan fingerprint density at radius 3 is 2.40 bits per heavy atom. The molecule has 172 valence electrons. The van der Waals surface area contributed by atoms with Crippen molar-refractivity contribution in [2.75, 3.05) is 4.90 Å². The summed E-state index contributed by atoms with van der Waals surface area (Å²) < 4.78 is 6.96. The molecule has 0 atom stereocenters. The molecule has 6 nitrogen and oxygen atoms in total. The fourth-order valence-electron chi connectivity index (χ4n) is 3.98. The predicted octanol–water partition coefficient (Wildman–Crippen LogP) is 7.40. The molecule has 0 N–H and O–H groups in total. The van der Waals surface area contributed by atoms with Gasteiger partial charge in [0.1, 0.15) is 11.5 Å². The maximum absolute atomic E-state index is 13.6. The number of nitrogens with zero attached hydrogens (tertiary/aromatic N) is 2. The van der Waals surface area contributed by atoms with Crippen molar-refractivity contribution >= 4 is 45.0 Å². The minimum Gasteiger partial charge on any atom is -0.457 e. The van der Waals surface area contributed by atoms with Crippen molar-refractivity contribution in [2.24, 2.45) is 0 Å². The van der Waals surface area contributed by atoms with E-state index in [9.17, 15) is 14.9 Å². The molecule has 1 amide bonds. The van der Waals surface area contributed by atoms with Crippen LogP contribution >= 0.6 is 15.9 Å². The van der Waals surface area contributed by atoms with Crippen LogP contribution in [0.25, 0.3) is 23.1 Å². The van der Waals surface area contributed by atoms with Gasteiger partial charge in [0, 0.05) is 27.2 Å². The van der Waals surface area contributed by atoms with Gasteiger partial charge in [0.15, 0.2) is 0 Å². The molecule has 0 bridgehead atoms. The molecule has 35 heavy (non-hydrogen) atoms. The van der Waals surface area contributed by atoms with E-state index < -0.39 is 4.92 Å². The number of carbonyl (C=O) groups is 1. The zero-order valence-corrected chi connectivity index (χ0v) is 20.2. The highest BCUT2D eigenvalue weighted by molar-refractivity contribution is 9.10. The van der Waals surface area contributed by atoms with E-state index in [1.807, 2.05) is 66.7 Å². The zero-order chi connectivity index (χ0) is 24.5. The van der Waals surface area contributed by atoms with Crippen LogP contribution in [0.5, 0.6) is 0 Å². The first kappa shape index (κ1) is 22.6. The smallest absolute Gasteiger partial charge is 0.274 e. The van der Waals surface area contributed by atoms with E-state index in [4.69, 9.17) is 4.42 Å². The van der Waals surface area contributed by atoms with E-state index in [1.54, 1.807) is 31.2 Å². The third-order valence-electron chi connectivity index (χ3n) is 5.75. The molecule has 1 aliphatic rings. The number of furan rings is 1. The Morgan fingerprint density at radius 2 is 1.69 bits per heavy atom. The number of rotatable bonds is 5. The minimum absolute atomic E-state index is 0.0367. The van der Waals surface area contributed by atoms with E-state index in [2.05, 4.69) is 15.9 Å². The number of anilines is 1. The van der Waals surface area contributed by atoms with Crippen molar-refractivity contribution in [3.8, 4) is 11.3 Å².